The van der Waals surface area contributed by atoms with Gasteiger partial charge in [0, 0.05) is 17.8 Å². The largest absolute Gasteiger partial charge is 0.369 e. The summed E-state index contributed by atoms with van der Waals surface area (Å²) in [6, 6.07) is 7.87. The second-order valence-electron chi connectivity index (χ2n) is 9.17. The molecule has 3 aromatic rings. The summed E-state index contributed by atoms with van der Waals surface area (Å²) in [5.74, 6) is -0.855. The van der Waals surface area contributed by atoms with Gasteiger partial charge in [0.25, 0.3) is 0 Å². The van der Waals surface area contributed by atoms with Gasteiger partial charge < -0.3 is 11.1 Å². The fraction of sp³-hybridized carbons (Fsp3) is 0.227. The average Bonchev–Trinajstić information content (AvgIpc) is 3.52. The molecule has 4 N–H and O–H groups in total. The van der Waals surface area contributed by atoms with Gasteiger partial charge in [0.1, 0.15) is 22.5 Å². The van der Waals surface area contributed by atoms with Crippen molar-refractivity contribution in [2.45, 2.75) is 29.7 Å². The summed E-state index contributed by atoms with van der Waals surface area (Å²) in [4.78, 5) is 10.1. The molecule has 0 spiro atoms. The maximum absolute atomic E-state index is 13.4. The summed E-state index contributed by atoms with van der Waals surface area (Å²) in [5.41, 5.74) is 4.41. The first-order valence-corrected chi connectivity index (χ1v) is 15.6. The molecule has 40 heavy (non-hydrogen) atoms. The molecular weight excluding hydrogens is 626 g/mol. The molecule has 0 unspecified atom stereocenters. The number of carbonyl (C=O) groups excluding carboxylic acids is 1. The van der Waals surface area contributed by atoms with Crippen LogP contribution in [-0.2, 0) is 26.8 Å². The molecular formula is C22H19Cl2F5N6O3S2. The average molecular weight is 645 g/mol. The van der Waals surface area contributed by atoms with Gasteiger partial charge in [0.2, 0.25) is 15.9 Å². The molecule has 0 radical (unpaired) electrons. The third-order valence-corrected chi connectivity index (χ3v) is 8.37. The molecule has 1 amide bonds. The molecule has 9 nitrogen and oxygen atoms in total. The van der Waals surface area contributed by atoms with Crippen LogP contribution in [0.25, 0.3) is 5.69 Å². The van der Waals surface area contributed by atoms with Gasteiger partial charge in [-0.2, -0.15) is 10.4 Å². The monoisotopic (exact) mass is 644 g/mol. The van der Waals surface area contributed by atoms with Gasteiger partial charge in [-0.3, -0.25) is 9.52 Å². The number of rotatable bonds is 9. The summed E-state index contributed by atoms with van der Waals surface area (Å²) in [6.07, 6.45) is 1.46. The van der Waals surface area contributed by atoms with Crippen molar-refractivity contribution in [3.05, 3.63) is 63.3 Å². The number of hydrogen-bond acceptors (Lipinski definition) is 6. The van der Waals surface area contributed by atoms with Gasteiger partial charge in [0.05, 0.1) is 21.7 Å². The van der Waals surface area contributed by atoms with Crippen molar-refractivity contribution in [1.29, 1.82) is 5.26 Å². The molecule has 1 heterocycles. The number of hydrogen-bond donors (Lipinski definition) is 3. The number of nitriles is 1. The molecule has 2 aromatic carbocycles. The minimum atomic E-state index is -10.2. The van der Waals surface area contributed by atoms with Gasteiger partial charge in [0.15, 0.2) is 5.69 Å². The van der Waals surface area contributed by atoms with E-state index >= 15 is 0 Å². The van der Waals surface area contributed by atoms with E-state index in [4.69, 9.17) is 28.9 Å². The highest BCUT2D eigenvalue weighted by Crippen LogP contribution is 3.02. The number of halogens is 7. The molecule has 1 fully saturated rings. The third kappa shape index (κ3) is 5.92. The first kappa shape index (κ1) is 29.7. The number of carbonyl (C=O) groups is 1. The highest BCUT2D eigenvalue weighted by Gasteiger charge is 2.65. The van der Waals surface area contributed by atoms with E-state index in [-0.39, 0.29) is 54.3 Å². The Morgan fingerprint density at radius 1 is 1.15 bits per heavy atom. The van der Waals surface area contributed by atoms with Crippen molar-refractivity contribution in [1.82, 2.24) is 9.78 Å². The fourth-order valence-corrected chi connectivity index (χ4v) is 6.10. The smallest absolute Gasteiger partial charge is 0.310 e. The molecule has 0 bridgehead atoms. The van der Waals surface area contributed by atoms with Crippen LogP contribution in [0.3, 0.4) is 0 Å². The van der Waals surface area contributed by atoms with Gasteiger partial charge in [-0.05, 0) is 42.7 Å². The van der Waals surface area contributed by atoms with Crippen molar-refractivity contribution in [2.75, 3.05) is 16.3 Å². The summed E-state index contributed by atoms with van der Waals surface area (Å²) >= 11 is 12.1. The predicted molar refractivity (Wildman–Crippen MR) is 142 cm³/mol. The number of benzene rings is 2. The van der Waals surface area contributed by atoms with Crippen LogP contribution >= 0.6 is 33.4 Å². The zero-order chi connectivity index (χ0) is 30.0. The van der Waals surface area contributed by atoms with E-state index in [2.05, 4.69) is 15.1 Å². The number of nitrogens with one attached hydrogen (secondary N) is 2. The summed E-state index contributed by atoms with van der Waals surface area (Å²) in [6.45, 7) is -0.0314. The van der Waals surface area contributed by atoms with Crippen molar-refractivity contribution in [3.8, 4) is 11.8 Å². The van der Waals surface area contributed by atoms with Crippen LogP contribution < -0.4 is 15.8 Å². The molecule has 1 saturated carbocycles. The SMILES string of the molecule is CS(=O)(=O)Nc1ccc(CNc2c(C3(C(N)=O)CC3)c(C#N)nn2-c2c(Cl)cc(S(F)(F)(F)(F)F)cc2Cl)cc1. The zero-order valence-corrected chi connectivity index (χ0v) is 23.3. The highest BCUT2D eigenvalue weighted by molar-refractivity contribution is 8.45. The van der Waals surface area contributed by atoms with Crippen LogP contribution in [0.1, 0.15) is 29.7 Å². The maximum atomic E-state index is 13.4. The second kappa shape index (κ2) is 8.87. The van der Waals surface area contributed by atoms with Gasteiger partial charge in [-0.15, -0.1) is 0 Å². The van der Waals surface area contributed by atoms with Crippen LogP contribution in [0, 0.1) is 11.3 Å². The van der Waals surface area contributed by atoms with Gasteiger partial charge in [-0.25, -0.2) is 13.1 Å². The van der Waals surface area contributed by atoms with E-state index in [0.717, 1.165) is 10.9 Å². The lowest BCUT2D eigenvalue weighted by molar-refractivity contribution is -0.120. The van der Waals surface area contributed by atoms with Crippen LogP contribution in [0.5, 0.6) is 0 Å². The molecule has 1 aliphatic carbocycles. The van der Waals surface area contributed by atoms with Gasteiger partial charge >= 0.3 is 10.2 Å². The number of aromatic nitrogens is 2. The zero-order valence-electron chi connectivity index (χ0n) is 20.2. The van der Waals surface area contributed by atoms with E-state index in [9.17, 15) is 37.9 Å². The number of primary amides is 1. The Morgan fingerprint density at radius 3 is 2.12 bits per heavy atom. The van der Waals surface area contributed by atoms with E-state index in [1.807, 2.05) is 6.07 Å². The lowest BCUT2D eigenvalue weighted by Gasteiger charge is -2.40. The Hall–Kier alpha value is -3.26. The summed E-state index contributed by atoms with van der Waals surface area (Å²) in [7, 11) is -13.7. The fourth-order valence-electron chi connectivity index (χ4n) is 4.08. The van der Waals surface area contributed by atoms with E-state index in [0.29, 0.717) is 5.56 Å². The number of nitrogens with two attached hydrogens (primary N) is 1. The minimum absolute atomic E-state index is 0.00991. The molecule has 0 aliphatic heterocycles. The van der Waals surface area contributed by atoms with Crippen molar-refractivity contribution >= 4 is 60.9 Å². The maximum Gasteiger partial charge on any atom is 0.310 e. The van der Waals surface area contributed by atoms with Gasteiger partial charge in [-0.1, -0.05) is 54.8 Å². The Morgan fingerprint density at radius 2 is 1.70 bits per heavy atom. The molecule has 0 saturated heterocycles. The second-order valence-corrected chi connectivity index (χ2v) is 14.1. The predicted octanol–water partition coefficient (Wildman–Crippen LogP) is 6.21. The number of anilines is 2. The van der Waals surface area contributed by atoms with E-state index < -0.39 is 52.2 Å². The number of amides is 1. The van der Waals surface area contributed by atoms with Crippen LogP contribution in [0.4, 0.5) is 30.9 Å². The topological polar surface area (TPSA) is 143 Å². The van der Waals surface area contributed by atoms with Crippen LogP contribution in [-0.4, -0.2) is 30.4 Å². The van der Waals surface area contributed by atoms with Crippen LogP contribution in [0.2, 0.25) is 10.0 Å². The quantitative estimate of drug-likeness (QED) is 0.236. The van der Waals surface area contributed by atoms with Crippen molar-refractivity contribution in [2.24, 2.45) is 5.73 Å². The Kier molecular flexibility index (Phi) is 6.59. The van der Waals surface area contributed by atoms with Crippen LogP contribution in [0.15, 0.2) is 41.3 Å². The number of sulfonamides is 1. The highest BCUT2D eigenvalue weighted by atomic mass is 35.5. The van der Waals surface area contributed by atoms with E-state index in [1.165, 1.54) is 12.1 Å². The molecule has 216 valence electrons. The first-order chi connectivity index (χ1) is 18.1. The molecule has 18 heteroatoms. The Balaban J connectivity index is 1.84. The molecule has 0 atom stereocenters. The standard InChI is InChI=1S/C22H19Cl2F5N6O3S2/c1-39(37,38)34-13-4-2-12(3-5-13)11-32-20-18(22(6-7-22)21(31)36)17(10-30)33-35(20)19-15(23)8-14(9-16(19)24)40(25,26,27,28)29/h2-5,8-9,32,34H,6-7,11H2,1H3,(H2,31,36). The Bertz CT molecular complexity index is 1680. The lowest BCUT2D eigenvalue weighted by atomic mass is 9.94. The van der Waals surface area contributed by atoms with Crippen molar-refractivity contribution in [3.63, 3.8) is 0 Å². The molecule has 4 rings (SSSR count). The number of nitrogens with zero attached hydrogens (tertiary/aromatic N) is 3. The van der Waals surface area contributed by atoms with E-state index in [1.54, 1.807) is 12.1 Å². The molecule has 1 aliphatic rings. The lowest BCUT2D eigenvalue weighted by Crippen LogP contribution is -2.29. The molecule has 1 aromatic heterocycles. The third-order valence-electron chi connectivity index (χ3n) is 6.06. The minimum Gasteiger partial charge on any atom is -0.369 e. The Labute approximate surface area is 234 Å². The first-order valence-electron chi connectivity index (χ1n) is 11.0. The summed E-state index contributed by atoms with van der Waals surface area (Å²) < 4.78 is 93.2. The summed E-state index contributed by atoms with van der Waals surface area (Å²) in [5, 5.41) is 15.1. The van der Waals surface area contributed by atoms with Crippen molar-refractivity contribution < 1.29 is 32.6 Å². The normalized spacial score (nSPS) is 16.4.